The van der Waals surface area contributed by atoms with Crippen molar-refractivity contribution in [3.63, 3.8) is 0 Å². The molecule has 0 unspecified atom stereocenters. The van der Waals surface area contributed by atoms with Gasteiger partial charge in [0.15, 0.2) is 0 Å². The van der Waals surface area contributed by atoms with Crippen LogP contribution in [-0.4, -0.2) is 17.6 Å². The first kappa shape index (κ1) is 19.3. The number of hydrogen-bond donors (Lipinski definition) is 3. The molecule has 0 bridgehead atoms. The second kappa shape index (κ2) is 8.50. The summed E-state index contributed by atoms with van der Waals surface area (Å²) in [7, 11) is 0. The fourth-order valence-electron chi connectivity index (χ4n) is 2.93. The molecule has 1 atom stereocenters. The number of allylic oxidation sites excluding steroid dienone is 2. The highest BCUT2D eigenvalue weighted by molar-refractivity contribution is 8.03. The minimum Gasteiger partial charge on any atom is -0.468 e. The molecule has 0 aliphatic carbocycles. The van der Waals surface area contributed by atoms with Crippen molar-refractivity contribution < 1.29 is 14.0 Å². The number of nitriles is 1. The molecule has 142 valence electrons. The molecule has 4 N–H and O–H groups in total. The third kappa shape index (κ3) is 4.10. The van der Waals surface area contributed by atoms with Crippen LogP contribution in [0, 0.1) is 11.3 Å². The van der Waals surface area contributed by atoms with E-state index in [1.54, 1.807) is 31.2 Å². The van der Waals surface area contributed by atoms with E-state index in [0.717, 1.165) is 11.8 Å². The van der Waals surface area contributed by atoms with Crippen molar-refractivity contribution in [1.82, 2.24) is 5.32 Å². The second-order valence-corrected chi connectivity index (χ2v) is 7.03. The summed E-state index contributed by atoms with van der Waals surface area (Å²) >= 11 is 1.12. The van der Waals surface area contributed by atoms with E-state index in [2.05, 4.69) is 16.7 Å². The van der Waals surface area contributed by atoms with Crippen LogP contribution < -0.4 is 16.4 Å². The molecule has 1 aromatic heterocycles. The highest BCUT2D eigenvalue weighted by Gasteiger charge is 2.36. The Morgan fingerprint density at radius 1 is 1.29 bits per heavy atom. The quantitative estimate of drug-likeness (QED) is 0.693. The third-order valence-electron chi connectivity index (χ3n) is 4.11. The fourth-order valence-corrected chi connectivity index (χ4v) is 3.76. The van der Waals surface area contributed by atoms with Gasteiger partial charge in [-0.2, -0.15) is 5.26 Å². The van der Waals surface area contributed by atoms with Gasteiger partial charge in [-0.3, -0.25) is 9.59 Å². The number of carbonyl (C=O) groups excluding carboxylic acids is 2. The zero-order valence-corrected chi connectivity index (χ0v) is 15.9. The first-order chi connectivity index (χ1) is 13.5. The van der Waals surface area contributed by atoms with Crippen molar-refractivity contribution in [3.05, 3.63) is 76.4 Å². The van der Waals surface area contributed by atoms with Crippen molar-refractivity contribution in [2.75, 3.05) is 11.1 Å². The lowest BCUT2D eigenvalue weighted by Gasteiger charge is -2.28. The number of primary amides is 1. The Kier molecular flexibility index (Phi) is 5.87. The van der Waals surface area contributed by atoms with E-state index < -0.39 is 11.8 Å². The lowest BCUT2D eigenvalue weighted by Crippen LogP contribution is -2.31. The molecular formula is C20H18N4O3S. The summed E-state index contributed by atoms with van der Waals surface area (Å²) in [4.78, 5) is 24.2. The number of rotatable bonds is 6. The van der Waals surface area contributed by atoms with E-state index in [1.807, 2.05) is 18.2 Å². The Morgan fingerprint density at radius 2 is 2.04 bits per heavy atom. The average molecular weight is 394 g/mol. The van der Waals surface area contributed by atoms with E-state index in [4.69, 9.17) is 10.2 Å². The fraction of sp³-hybridized carbons (Fsp3) is 0.150. The van der Waals surface area contributed by atoms with Crippen LogP contribution in [0.25, 0.3) is 0 Å². The number of hydrogen-bond acceptors (Lipinski definition) is 6. The SMILES string of the molecule is CC1=C(C(=O)Nc2ccccc2)[C@@H](c2ccco2)C(C#N)=C(SCC(N)=O)N1. The average Bonchev–Trinajstić information content (AvgIpc) is 3.20. The highest BCUT2D eigenvalue weighted by Crippen LogP contribution is 2.41. The zero-order chi connectivity index (χ0) is 20.1. The van der Waals surface area contributed by atoms with Crippen molar-refractivity contribution in [1.29, 1.82) is 5.26 Å². The standard InChI is InChI=1S/C20H18N4O3S/c1-12-17(19(26)24-13-6-3-2-4-7-13)18(15-8-5-9-27-15)14(10-21)20(23-12)28-11-16(22)25/h2-9,18,23H,11H2,1H3,(H2,22,25)(H,24,26)/t18-/m1/s1. The lowest BCUT2D eigenvalue weighted by molar-refractivity contribution is -0.115. The minimum absolute atomic E-state index is 0.0111. The summed E-state index contributed by atoms with van der Waals surface area (Å²) in [5.41, 5.74) is 7.12. The summed E-state index contributed by atoms with van der Waals surface area (Å²) in [6, 6.07) is 14.6. The summed E-state index contributed by atoms with van der Waals surface area (Å²) in [5.74, 6) is -1.06. The number of benzene rings is 1. The van der Waals surface area contributed by atoms with Crippen LogP contribution in [0.1, 0.15) is 18.6 Å². The summed E-state index contributed by atoms with van der Waals surface area (Å²) in [5, 5.41) is 16.2. The number of para-hydroxylation sites is 1. The molecule has 2 aromatic rings. The van der Waals surface area contributed by atoms with Gasteiger partial charge in [0, 0.05) is 11.4 Å². The lowest BCUT2D eigenvalue weighted by atomic mass is 9.85. The van der Waals surface area contributed by atoms with E-state index in [-0.39, 0.29) is 11.7 Å². The molecule has 7 nitrogen and oxygen atoms in total. The van der Waals surface area contributed by atoms with Gasteiger partial charge < -0.3 is 20.8 Å². The number of nitrogens with zero attached hydrogens (tertiary/aromatic N) is 1. The molecule has 8 heteroatoms. The van der Waals surface area contributed by atoms with E-state index >= 15 is 0 Å². The number of anilines is 1. The van der Waals surface area contributed by atoms with Gasteiger partial charge in [0.05, 0.1) is 40.2 Å². The molecule has 1 aliphatic heterocycles. The Labute approximate surface area is 166 Å². The number of nitrogens with two attached hydrogens (primary N) is 1. The number of furan rings is 1. The normalized spacial score (nSPS) is 16.4. The Bertz CT molecular complexity index is 988. The van der Waals surface area contributed by atoms with Crippen LogP contribution in [0.3, 0.4) is 0 Å². The molecule has 3 rings (SSSR count). The predicted molar refractivity (Wildman–Crippen MR) is 107 cm³/mol. The summed E-state index contributed by atoms with van der Waals surface area (Å²) in [6.07, 6.45) is 1.49. The van der Waals surface area contributed by atoms with E-state index in [1.165, 1.54) is 6.26 Å². The van der Waals surface area contributed by atoms with Gasteiger partial charge in [0.1, 0.15) is 5.76 Å². The van der Waals surface area contributed by atoms with Crippen molar-refractivity contribution >= 4 is 29.3 Å². The van der Waals surface area contributed by atoms with Crippen molar-refractivity contribution in [2.45, 2.75) is 12.8 Å². The zero-order valence-electron chi connectivity index (χ0n) is 15.1. The smallest absolute Gasteiger partial charge is 0.254 e. The maximum absolute atomic E-state index is 13.1. The predicted octanol–water partition coefficient (Wildman–Crippen LogP) is 2.83. The maximum Gasteiger partial charge on any atom is 0.254 e. The molecule has 2 heterocycles. The van der Waals surface area contributed by atoms with E-state index in [0.29, 0.717) is 33.3 Å². The molecular weight excluding hydrogens is 376 g/mol. The minimum atomic E-state index is -0.694. The van der Waals surface area contributed by atoms with Crippen molar-refractivity contribution in [2.24, 2.45) is 5.73 Å². The molecule has 1 aromatic carbocycles. The molecule has 28 heavy (non-hydrogen) atoms. The van der Waals surface area contributed by atoms with Crippen LogP contribution in [0.4, 0.5) is 5.69 Å². The second-order valence-electron chi connectivity index (χ2n) is 6.04. The molecule has 0 spiro atoms. The molecule has 0 radical (unpaired) electrons. The number of carbonyl (C=O) groups is 2. The van der Waals surface area contributed by atoms with Gasteiger partial charge in [-0.05, 0) is 31.2 Å². The van der Waals surface area contributed by atoms with Gasteiger partial charge in [0.25, 0.3) is 5.91 Å². The number of dihydropyridines is 1. The Hall–Kier alpha value is -3.44. The molecule has 0 saturated carbocycles. The van der Waals surface area contributed by atoms with Gasteiger partial charge in [-0.25, -0.2) is 0 Å². The first-order valence-corrected chi connectivity index (χ1v) is 9.42. The van der Waals surface area contributed by atoms with Crippen molar-refractivity contribution in [3.8, 4) is 6.07 Å². The monoisotopic (exact) mass is 394 g/mol. The first-order valence-electron chi connectivity index (χ1n) is 8.44. The number of thioether (sulfide) groups is 1. The van der Waals surface area contributed by atoms with Gasteiger partial charge in [-0.15, -0.1) is 0 Å². The third-order valence-corrected chi connectivity index (χ3v) is 5.15. The van der Waals surface area contributed by atoms with Gasteiger partial charge >= 0.3 is 0 Å². The number of nitrogens with one attached hydrogen (secondary N) is 2. The van der Waals surface area contributed by atoms with Gasteiger partial charge in [-0.1, -0.05) is 30.0 Å². The highest BCUT2D eigenvalue weighted by atomic mass is 32.2. The van der Waals surface area contributed by atoms with Crippen LogP contribution in [-0.2, 0) is 9.59 Å². The topological polar surface area (TPSA) is 121 Å². The molecule has 0 saturated heterocycles. The van der Waals surface area contributed by atoms with Crippen LogP contribution in [0.2, 0.25) is 0 Å². The largest absolute Gasteiger partial charge is 0.468 e. The number of amides is 2. The summed E-state index contributed by atoms with van der Waals surface area (Å²) < 4.78 is 5.53. The van der Waals surface area contributed by atoms with Crippen LogP contribution in [0.15, 0.2) is 75.0 Å². The molecule has 0 fully saturated rings. The van der Waals surface area contributed by atoms with Crippen LogP contribution in [0.5, 0.6) is 0 Å². The molecule has 1 aliphatic rings. The Morgan fingerprint density at radius 3 is 2.64 bits per heavy atom. The summed E-state index contributed by atoms with van der Waals surface area (Å²) in [6.45, 7) is 1.74. The van der Waals surface area contributed by atoms with E-state index in [9.17, 15) is 14.9 Å². The van der Waals surface area contributed by atoms with Gasteiger partial charge in [0.2, 0.25) is 5.91 Å². The maximum atomic E-state index is 13.1. The van der Waals surface area contributed by atoms with Crippen LogP contribution >= 0.6 is 11.8 Å². The molecule has 2 amide bonds. The Balaban J connectivity index is 2.01.